The van der Waals surface area contributed by atoms with Crippen LogP contribution in [-0.2, 0) is 0 Å². The molecular formula is C34H30N2. The van der Waals surface area contributed by atoms with E-state index in [9.17, 15) is 0 Å². The molecule has 0 spiro atoms. The van der Waals surface area contributed by atoms with Crippen LogP contribution < -0.4 is 9.80 Å². The summed E-state index contributed by atoms with van der Waals surface area (Å²) in [5.74, 6) is 0. The van der Waals surface area contributed by atoms with Crippen LogP contribution in [0.5, 0.6) is 0 Å². The van der Waals surface area contributed by atoms with E-state index in [1.807, 2.05) is 0 Å². The quantitative estimate of drug-likeness (QED) is 0.240. The van der Waals surface area contributed by atoms with Crippen molar-refractivity contribution >= 4 is 43.7 Å². The maximum atomic E-state index is 2.35. The van der Waals surface area contributed by atoms with E-state index < -0.39 is 0 Å². The molecule has 6 aromatic carbocycles. The molecule has 0 fully saturated rings. The molecule has 0 saturated carbocycles. The fourth-order valence-electron chi connectivity index (χ4n) is 5.33. The molecule has 2 heteroatoms. The molecule has 0 aliphatic heterocycles. The van der Waals surface area contributed by atoms with Gasteiger partial charge in [0.1, 0.15) is 0 Å². The predicted molar refractivity (Wildman–Crippen MR) is 158 cm³/mol. The third kappa shape index (κ3) is 3.67. The zero-order chi connectivity index (χ0) is 24.8. The minimum absolute atomic E-state index is 1.20. The molecular weight excluding hydrogens is 436 g/mol. The van der Waals surface area contributed by atoms with E-state index in [0.29, 0.717) is 0 Å². The number of benzene rings is 6. The van der Waals surface area contributed by atoms with Gasteiger partial charge in [0.25, 0.3) is 0 Å². The minimum Gasteiger partial charge on any atom is -0.378 e. The number of fused-ring (bicyclic) bond motifs is 3. The summed E-state index contributed by atoms with van der Waals surface area (Å²) in [5, 5.41) is 7.63. The summed E-state index contributed by atoms with van der Waals surface area (Å²) < 4.78 is 0. The van der Waals surface area contributed by atoms with E-state index in [1.54, 1.807) is 0 Å². The highest BCUT2D eigenvalue weighted by Crippen LogP contribution is 2.45. The summed E-state index contributed by atoms with van der Waals surface area (Å²) in [6, 6.07) is 40.1. The fraction of sp³-hybridized carbons (Fsp3) is 0.118. The van der Waals surface area contributed by atoms with Crippen LogP contribution >= 0.6 is 0 Å². The molecule has 6 aromatic rings. The summed E-state index contributed by atoms with van der Waals surface area (Å²) in [4.78, 5) is 4.37. The first-order chi connectivity index (χ1) is 17.5. The Balaban J connectivity index is 1.81. The highest BCUT2D eigenvalue weighted by Gasteiger charge is 2.18. The maximum absolute atomic E-state index is 2.35. The molecule has 0 aromatic heterocycles. The Bertz CT molecular complexity index is 1730. The lowest BCUT2D eigenvalue weighted by Crippen LogP contribution is -2.09. The number of hydrogen-bond acceptors (Lipinski definition) is 2. The maximum Gasteiger partial charge on any atom is 0.0367 e. The van der Waals surface area contributed by atoms with Crippen LogP contribution in [0.3, 0.4) is 0 Å². The number of nitrogens with zero attached hydrogens (tertiary/aromatic N) is 2. The van der Waals surface area contributed by atoms with Gasteiger partial charge in [0.2, 0.25) is 0 Å². The van der Waals surface area contributed by atoms with E-state index >= 15 is 0 Å². The first-order valence-electron chi connectivity index (χ1n) is 12.4. The molecule has 176 valence electrons. The highest BCUT2D eigenvalue weighted by atomic mass is 15.1. The molecule has 0 unspecified atom stereocenters. The van der Waals surface area contributed by atoms with Gasteiger partial charge in [0.05, 0.1) is 0 Å². The lowest BCUT2D eigenvalue weighted by Gasteiger charge is -2.22. The third-order valence-corrected chi connectivity index (χ3v) is 7.22. The Labute approximate surface area is 213 Å². The average molecular weight is 467 g/mol. The summed E-state index contributed by atoms with van der Waals surface area (Å²) in [6.07, 6.45) is 0. The van der Waals surface area contributed by atoms with Crippen molar-refractivity contribution in [2.45, 2.75) is 0 Å². The first kappa shape index (κ1) is 22.2. The molecule has 0 N–H and O–H groups in total. The second kappa shape index (κ2) is 8.73. The summed E-state index contributed by atoms with van der Waals surface area (Å²) >= 11 is 0. The van der Waals surface area contributed by atoms with Crippen molar-refractivity contribution in [1.29, 1.82) is 0 Å². The Morgan fingerprint density at radius 2 is 0.917 bits per heavy atom. The Hall–Kier alpha value is -4.30. The number of anilines is 2. The molecule has 2 nitrogen and oxygen atoms in total. The molecule has 6 rings (SSSR count). The van der Waals surface area contributed by atoms with E-state index in [1.165, 1.54) is 65.9 Å². The van der Waals surface area contributed by atoms with Gasteiger partial charge in [-0.3, -0.25) is 0 Å². The van der Waals surface area contributed by atoms with Crippen molar-refractivity contribution in [3.63, 3.8) is 0 Å². The number of hydrogen-bond donors (Lipinski definition) is 0. The summed E-state index contributed by atoms with van der Waals surface area (Å²) in [6.45, 7) is 0. The van der Waals surface area contributed by atoms with E-state index in [-0.39, 0.29) is 0 Å². The van der Waals surface area contributed by atoms with Crippen molar-refractivity contribution in [3.8, 4) is 22.3 Å². The third-order valence-electron chi connectivity index (χ3n) is 7.22. The Morgan fingerprint density at radius 1 is 0.389 bits per heavy atom. The standard InChI is InChI=1S/C34H30N2/c1-35(2)27-17-19-30-31(21-27)33(24-11-6-5-7-12-24)29-18-16-28(36(3)4)22-32(29)34(30)26-15-14-23-10-8-9-13-25(23)20-26/h5-22H,1-4H3. The molecule has 0 radical (unpaired) electrons. The SMILES string of the molecule is CN(C)c1ccc2c(-c3ccc4ccccc4c3)c3cc(N(C)C)ccc3c(-c3ccccc3)c2c1. The number of rotatable bonds is 4. The zero-order valence-corrected chi connectivity index (χ0v) is 21.3. The second-order valence-corrected chi connectivity index (χ2v) is 9.93. The van der Waals surface area contributed by atoms with Crippen LogP contribution in [0.2, 0.25) is 0 Å². The van der Waals surface area contributed by atoms with Gasteiger partial charge >= 0.3 is 0 Å². The van der Waals surface area contributed by atoms with Crippen LogP contribution in [0.4, 0.5) is 11.4 Å². The highest BCUT2D eigenvalue weighted by molar-refractivity contribution is 6.22. The largest absolute Gasteiger partial charge is 0.378 e. The van der Waals surface area contributed by atoms with Gasteiger partial charge in [-0.25, -0.2) is 0 Å². The summed E-state index contributed by atoms with van der Waals surface area (Å²) in [7, 11) is 8.44. The van der Waals surface area contributed by atoms with Gasteiger partial charge in [-0.1, -0.05) is 78.9 Å². The topological polar surface area (TPSA) is 6.48 Å². The van der Waals surface area contributed by atoms with Crippen LogP contribution in [0.1, 0.15) is 0 Å². The van der Waals surface area contributed by atoms with Gasteiger partial charge in [-0.15, -0.1) is 0 Å². The van der Waals surface area contributed by atoms with Crippen LogP contribution in [-0.4, -0.2) is 28.2 Å². The molecule has 0 aliphatic carbocycles. The Morgan fingerprint density at radius 3 is 1.50 bits per heavy atom. The van der Waals surface area contributed by atoms with Crippen LogP contribution in [0.25, 0.3) is 54.6 Å². The van der Waals surface area contributed by atoms with Crippen LogP contribution in [0.15, 0.2) is 109 Å². The van der Waals surface area contributed by atoms with Crippen molar-refractivity contribution in [2.75, 3.05) is 38.0 Å². The minimum atomic E-state index is 1.20. The van der Waals surface area contributed by atoms with Crippen molar-refractivity contribution in [1.82, 2.24) is 0 Å². The van der Waals surface area contributed by atoms with Crippen molar-refractivity contribution in [3.05, 3.63) is 109 Å². The molecule has 0 saturated heterocycles. The first-order valence-corrected chi connectivity index (χ1v) is 12.4. The van der Waals surface area contributed by atoms with E-state index in [0.717, 1.165) is 0 Å². The monoisotopic (exact) mass is 466 g/mol. The molecule has 0 aliphatic rings. The normalized spacial score (nSPS) is 11.3. The molecule has 0 heterocycles. The van der Waals surface area contributed by atoms with Gasteiger partial charge in [-0.05, 0) is 84.9 Å². The fourth-order valence-corrected chi connectivity index (χ4v) is 5.33. The molecule has 0 amide bonds. The van der Waals surface area contributed by atoms with Gasteiger partial charge in [-0.2, -0.15) is 0 Å². The second-order valence-electron chi connectivity index (χ2n) is 9.93. The molecule has 0 atom stereocenters. The van der Waals surface area contributed by atoms with Gasteiger partial charge < -0.3 is 9.80 Å². The van der Waals surface area contributed by atoms with Crippen molar-refractivity contribution < 1.29 is 0 Å². The lowest BCUT2D eigenvalue weighted by atomic mass is 9.85. The summed E-state index contributed by atoms with van der Waals surface area (Å²) in [5.41, 5.74) is 7.47. The van der Waals surface area contributed by atoms with E-state index in [2.05, 4.69) is 147 Å². The van der Waals surface area contributed by atoms with E-state index in [4.69, 9.17) is 0 Å². The van der Waals surface area contributed by atoms with Crippen molar-refractivity contribution in [2.24, 2.45) is 0 Å². The van der Waals surface area contributed by atoms with Crippen LogP contribution in [0, 0.1) is 0 Å². The smallest absolute Gasteiger partial charge is 0.0367 e. The zero-order valence-electron chi connectivity index (χ0n) is 21.3. The van der Waals surface area contributed by atoms with Gasteiger partial charge in [0.15, 0.2) is 0 Å². The average Bonchev–Trinajstić information content (AvgIpc) is 2.91. The lowest BCUT2D eigenvalue weighted by molar-refractivity contribution is 1.13. The Kier molecular flexibility index (Phi) is 5.38. The molecule has 36 heavy (non-hydrogen) atoms. The van der Waals surface area contributed by atoms with Gasteiger partial charge in [0, 0.05) is 39.6 Å². The predicted octanol–water partition coefficient (Wildman–Crippen LogP) is 8.61. The molecule has 0 bridgehead atoms.